The van der Waals surface area contributed by atoms with Crippen LogP contribution in [0.5, 0.6) is 0 Å². The van der Waals surface area contributed by atoms with Gasteiger partial charge < -0.3 is 14.6 Å². The highest BCUT2D eigenvalue weighted by atomic mass is 16.6. The van der Waals surface area contributed by atoms with Gasteiger partial charge in [0.25, 0.3) is 0 Å². The lowest BCUT2D eigenvalue weighted by Crippen LogP contribution is -2.23. The van der Waals surface area contributed by atoms with E-state index in [1.807, 2.05) is 45.9 Å². The maximum absolute atomic E-state index is 12.3. The van der Waals surface area contributed by atoms with Crippen LogP contribution in [0, 0.1) is 0 Å². The average molecular weight is 409 g/mol. The molecule has 158 valence electrons. The second-order valence-electron chi connectivity index (χ2n) is 7.61. The van der Waals surface area contributed by atoms with Gasteiger partial charge in [-0.05, 0) is 57.0 Å². The molecule has 0 unspecified atom stereocenters. The molecule has 0 aliphatic heterocycles. The number of hydrogen-bond donors (Lipinski definition) is 1. The van der Waals surface area contributed by atoms with Gasteiger partial charge in [-0.1, -0.05) is 30.4 Å². The van der Waals surface area contributed by atoms with Gasteiger partial charge in [0.1, 0.15) is 5.60 Å². The topological polar surface area (TPSA) is 85.7 Å². The van der Waals surface area contributed by atoms with Crippen molar-refractivity contribution >= 4 is 17.5 Å². The first-order valence-electron chi connectivity index (χ1n) is 9.55. The number of carboxylic acid groups (broad SMARTS) is 1. The minimum atomic E-state index is -1.06. The normalized spacial score (nSPS) is 12.2. The Hall–Kier alpha value is -3.25. The molecule has 0 fully saturated rings. The molecule has 1 N–H and O–H groups in total. The molecule has 0 saturated carbocycles. The molecule has 30 heavy (non-hydrogen) atoms. The van der Waals surface area contributed by atoms with E-state index < -0.39 is 17.5 Å². The van der Waals surface area contributed by atoms with E-state index >= 15 is 0 Å². The number of aromatic carboxylic acids is 1. The fourth-order valence-corrected chi connectivity index (χ4v) is 2.74. The van der Waals surface area contributed by atoms with Crippen molar-refractivity contribution in [2.24, 2.45) is 0 Å². The summed E-state index contributed by atoms with van der Waals surface area (Å²) in [5.41, 5.74) is 2.78. The molecular weight excluding hydrogens is 382 g/mol. The summed E-state index contributed by atoms with van der Waals surface area (Å²) in [4.78, 5) is 28.2. The minimum absolute atomic E-state index is 0.0845. The fraction of sp³-hybridized carbons (Fsp3) is 0.292. The quantitative estimate of drug-likeness (QED) is 0.511. The molecule has 1 aromatic carbocycles. The van der Waals surface area contributed by atoms with Crippen LogP contribution in [0.25, 0.3) is 16.7 Å². The highest BCUT2D eigenvalue weighted by molar-refractivity contribution is 5.93. The highest BCUT2D eigenvalue weighted by Gasteiger charge is 2.19. The van der Waals surface area contributed by atoms with Gasteiger partial charge in [-0.25, -0.2) is 9.59 Å². The summed E-state index contributed by atoms with van der Waals surface area (Å²) in [6.45, 7) is 7.76. The molecule has 1 aromatic heterocycles. The summed E-state index contributed by atoms with van der Waals surface area (Å²) in [6.07, 6.45) is 6.97. The number of benzene rings is 1. The Kier molecular flexibility index (Phi) is 7.66. The Balaban J connectivity index is 2.49. The molecule has 0 saturated heterocycles. The lowest BCUT2D eigenvalue weighted by molar-refractivity contribution is 0.00693. The van der Waals surface area contributed by atoms with E-state index in [-0.39, 0.29) is 5.56 Å². The molecule has 0 radical (unpaired) electrons. The Morgan fingerprint density at radius 2 is 1.80 bits per heavy atom. The minimum Gasteiger partial charge on any atom is -0.478 e. The van der Waals surface area contributed by atoms with Crippen LogP contribution >= 0.6 is 0 Å². The molecule has 0 bridgehead atoms. The number of pyridine rings is 1. The van der Waals surface area contributed by atoms with Crippen molar-refractivity contribution in [1.29, 1.82) is 0 Å². The van der Waals surface area contributed by atoms with Crippen LogP contribution in [0.15, 0.2) is 54.8 Å². The highest BCUT2D eigenvalue weighted by Crippen LogP contribution is 2.30. The van der Waals surface area contributed by atoms with Gasteiger partial charge in [0, 0.05) is 18.9 Å². The summed E-state index contributed by atoms with van der Waals surface area (Å²) >= 11 is 0. The molecule has 0 spiro atoms. The molecule has 6 nitrogen and oxygen atoms in total. The van der Waals surface area contributed by atoms with Crippen molar-refractivity contribution in [3.8, 4) is 11.1 Å². The van der Waals surface area contributed by atoms with Crippen LogP contribution in [-0.4, -0.2) is 41.3 Å². The van der Waals surface area contributed by atoms with Gasteiger partial charge in [0.05, 0.1) is 23.4 Å². The van der Waals surface area contributed by atoms with Gasteiger partial charge in [-0.2, -0.15) is 0 Å². The van der Waals surface area contributed by atoms with Crippen molar-refractivity contribution in [2.75, 3.05) is 13.7 Å². The van der Waals surface area contributed by atoms with Crippen molar-refractivity contribution < 1.29 is 24.2 Å². The van der Waals surface area contributed by atoms with E-state index in [1.165, 1.54) is 6.20 Å². The van der Waals surface area contributed by atoms with E-state index in [0.717, 1.165) is 11.1 Å². The number of esters is 1. The number of rotatable bonds is 7. The second-order valence-corrected chi connectivity index (χ2v) is 7.61. The second kappa shape index (κ2) is 9.98. The molecule has 2 aromatic rings. The molecular formula is C24H27NO5. The van der Waals surface area contributed by atoms with E-state index in [0.29, 0.717) is 23.4 Å². The van der Waals surface area contributed by atoms with Crippen LogP contribution in [0.4, 0.5) is 0 Å². The maximum atomic E-state index is 12.3. The predicted octanol–water partition coefficient (Wildman–Crippen LogP) is 5.01. The van der Waals surface area contributed by atoms with Crippen molar-refractivity contribution in [2.45, 2.75) is 33.3 Å². The summed E-state index contributed by atoms with van der Waals surface area (Å²) < 4.78 is 10.4. The number of hydrogen-bond acceptors (Lipinski definition) is 5. The molecule has 6 heteroatoms. The summed E-state index contributed by atoms with van der Waals surface area (Å²) in [7, 11) is 1.61. The largest absolute Gasteiger partial charge is 0.478 e. The summed E-state index contributed by atoms with van der Waals surface area (Å²) in [5.74, 6) is -1.47. The monoisotopic (exact) mass is 409 g/mol. The molecule has 0 aliphatic rings. The number of nitrogens with zero attached hydrogens (tertiary/aromatic N) is 1. The number of carboxylic acids is 1. The standard InChI is InChI=1S/C24H27NO5/c1-6-16(8-7-13-29-5)21-20(14-19(15-25-21)22(26)27)17-9-11-18(12-10-17)23(28)30-24(2,3)4/h6-12,14-15H,13H2,1-5H3,(H,26,27)/b8-7-,16-6+. The Morgan fingerprint density at radius 1 is 1.13 bits per heavy atom. The average Bonchev–Trinajstić information content (AvgIpc) is 2.70. The van der Waals surface area contributed by atoms with Crippen LogP contribution in [0.1, 0.15) is 54.1 Å². The van der Waals surface area contributed by atoms with E-state index in [9.17, 15) is 14.7 Å². The van der Waals surface area contributed by atoms with Crippen LogP contribution in [0.2, 0.25) is 0 Å². The molecule has 0 amide bonds. The number of aromatic nitrogens is 1. The maximum Gasteiger partial charge on any atom is 0.338 e. The smallest absolute Gasteiger partial charge is 0.338 e. The Bertz CT molecular complexity index is 966. The SMILES string of the molecule is C/C=C(\C=C/COC)c1ncc(C(=O)O)cc1-c1ccc(C(=O)OC(C)(C)C)cc1. The number of carbonyl (C=O) groups is 2. The van der Waals surface area contributed by atoms with Gasteiger partial charge in [0.15, 0.2) is 0 Å². The lowest BCUT2D eigenvalue weighted by Gasteiger charge is -2.19. The number of allylic oxidation sites excluding steroid dienone is 3. The summed E-state index contributed by atoms with van der Waals surface area (Å²) in [5, 5.41) is 9.39. The van der Waals surface area contributed by atoms with Crippen molar-refractivity contribution in [1.82, 2.24) is 4.98 Å². The zero-order valence-corrected chi connectivity index (χ0v) is 17.9. The van der Waals surface area contributed by atoms with E-state index in [1.54, 1.807) is 37.4 Å². The number of methoxy groups -OCH3 is 1. The first-order valence-corrected chi connectivity index (χ1v) is 9.55. The zero-order chi connectivity index (χ0) is 22.3. The van der Waals surface area contributed by atoms with Crippen molar-refractivity contribution in [3.63, 3.8) is 0 Å². The lowest BCUT2D eigenvalue weighted by atomic mass is 9.96. The number of ether oxygens (including phenoxy) is 2. The third kappa shape index (κ3) is 6.12. The fourth-order valence-electron chi connectivity index (χ4n) is 2.74. The molecule has 0 aliphatic carbocycles. The first-order chi connectivity index (χ1) is 14.2. The van der Waals surface area contributed by atoms with Gasteiger partial charge in [0.2, 0.25) is 0 Å². The molecule has 0 atom stereocenters. The van der Waals surface area contributed by atoms with E-state index in [4.69, 9.17) is 9.47 Å². The van der Waals surface area contributed by atoms with Gasteiger partial charge in [-0.15, -0.1) is 0 Å². The van der Waals surface area contributed by atoms with Gasteiger partial charge in [-0.3, -0.25) is 4.98 Å². The third-order valence-electron chi connectivity index (χ3n) is 4.11. The molecule has 2 rings (SSSR count). The predicted molar refractivity (Wildman–Crippen MR) is 116 cm³/mol. The van der Waals surface area contributed by atoms with E-state index in [2.05, 4.69) is 4.98 Å². The van der Waals surface area contributed by atoms with Crippen LogP contribution in [0.3, 0.4) is 0 Å². The van der Waals surface area contributed by atoms with Crippen LogP contribution in [-0.2, 0) is 9.47 Å². The van der Waals surface area contributed by atoms with Crippen LogP contribution < -0.4 is 0 Å². The van der Waals surface area contributed by atoms with Crippen molar-refractivity contribution in [3.05, 3.63) is 71.6 Å². The van der Waals surface area contributed by atoms with Gasteiger partial charge >= 0.3 is 11.9 Å². The first kappa shape index (κ1) is 23.0. The molecule has 1 heterocycles. The zero-order valence-electron chi connectivity index (χ0n) is 17.9. The summed E-state index contributed by atoms with van der Waals surface area (Å²) in [6, 6.07) is 8.43. The Morgan fingerprint density at radius 3 is 2.33 bits per heavy atom. The Labute approximate surface area is 176 Å². The third-order valence-corrected chi connectivity index (χ3v) is 4.11. The number of carbonyl (C=O) groups excluding carboxylic acids is 1.